The molecular weight excluding hydrogens is 689 g/mol. The lowest BCUT2D eigenvalue weighted by Gasteiger charge is -2.32. The molecule has 0 bridgehead atoms. The highest BCUT2D eigenvalue weighted by Crippen LogP contribution is 2.41. The fourth-order valence-corrected chi connectivity index (χ4v) is 6.39. The second-order valence-corrected chi connectivity index (χ2v) is 13.4. The van der Waals surface area contributed by atoms with Gasteiger partial charge in [0.2, 0.25) is 0 Å². The summed E-state index contributed by atoms with van der Waals surface area (Å²) >= 11 is 0. The summed E-state index contributed by atoms with van der Waals surface area (Å²) in [6.45, 7) is 17.1. The van der Waals surface area contributed by atoms with Gasteiger partial charge in [-0.15, -0.1) is 20.5 Å². The summed E-state index contributed by atoms with van der Waals surface area (Å²) in [4.78, 5) is 4.16. The molecule has 0 amide bonds. The van der Waals surface area contributed by atoms with Gasteiger partial charge in [-0.3, -0.25) is 0 Å². The van der Waals surface area contributed by atoms with Gasteiger partial charge in [0.1, 0.15) is 41.0 Å². The zero-order chi connectivity index (χ0) is 39.4. The number of benzene rings is 2. The minimum absolute atomic E-state index is 0.123. The number of aryl methyl sites for hydroxylation is 2. The third-order valence-corrected chi connectivity index (χ3v) is 9.29. The van der Waals surface area contributed by atoms with E-state index in [1.807, 2.05) is 76.5 Å². The summed E-state index contributed by atoms with van der Waals surface area (Å²) < 4.78 is 2.12. The highest BCUT2D eigenvalue weighted by atomic mass is 16.3. The highest BCUT2D eigenvalue weighted by molar-refractivity contribution is 5.71. The molecule has 4 aromatic rings. The Morgan fingerprint density at radius 1 is 0.945 bits per heavy atom. The van der Waals surface area contributed by atoms with E-state index in [1.165, 1.54) is 23.4 Å². The van der Waals surface area contributed by atoms with Gasteiger partial charge >= 0.3 is 0 Å². The predicted octanol–water partition coefficient (Wildman–Crippen LogP) is 9.54. The van der Waals surface area contributed by atoms with E-state index in [1.54, 1.807) is 18.3 Å². The molecular formula is C43H62N10O2+2. The molecule has 2 aliphatic rings. The summed E-state index contributed by atoms with van der Waals surface area (Å²) in [6.07, 6.45) is 18.7. The maximum Gasteiger partial charge on any atom is 0.199 e. The SMILES string of the molecule is CC.CCCCc1cc(N=Nc2ccccn2)c(O)c2c1NCCCCC2.CCCN1C=C[NH+]1CC[n+]1cccc(N=Nc2cc(C)c(NCC)cc2O)c1. The number of unbranched alkanes of at least 4 members (excludes halogenated alkanes) is 1. The molecule has 6 rings (SSSR count). The van der Waals surface area contributed by atoms with Gasteiger partial charge in [-0.05, 0) is 93.8 Å². The van der Waals surface area contributed by atoms with Crippen molar-refractivity contribution >= 4 is 34.3 Å². The first-order valence-electron chi connectivity index (χ1n) is 20.1. The Morgan fingerprint density at radius 3 is 2.51 bits per heavy atom. The van der Waals surface area contributed by atoms with Crippen molar-refractivity contribution in [1.29, 1.82) is 0 Å². The molecule has 12 nitrogen and oxygen atoms in total. The molecule has 55 heavy (non-hydrogen) atoms. The van der Waals surface area contributed by atoms with Gasteiger partial charge in [-0.25, -0.2) is 9.99 Å². The van der Waals surface area contributed by atoms with Crippen molar-refractivity contribution in [3.63, 3.8) is 0 Å². The lowest BCUT2D eigenvalue weighted by Crippen LogP contribution is -3.18. The van der Waals surface area contributed by atoms with E-state index >= 15 is 0 Å². The Morgan fingerprint density at radius 2 is 1.78 bits per heavy atom. The van der Waals surface area contributed by atoms with Crippen molar-refractivity contribution in [2.24, 2.45) is 20.5 Å². The lowest BCUT2D eigenvalue weighted by atomic mass is 9.95. The maximum atomic E-state index is 10.8. The van der Waals surface area contributed by atoms with Crippen molar-refractivity contribution in [2.75, 3.05) is 36.8 Å². The van der Waals surface area contributed by atoms with Crippen molar-refractivity contribution < 1.29 is 19.8 Å². The van der Waals surface area contributed by atoms with Crippen LogP contribution in [0.15, 0.2) is 100.0 Å². The fourth-order valence-electron chi connectivity index (χ4n) is 6.39. The Balaban J connectivity index is 0.000000235. The van der Waals surface area contributed by atoms with E-state index in [-0.39, 0.29) is 11.5 Å². The molecule has 2 aromatic carbocycles. The second-order valence-electron chi connectivity index (χ2n) is 13.4. The van der Waals surface area contributed by atoms with E-state index in [0.717, 1.165) is 99.4 Å². The van der Waals surface area contributed by atoms with Crippen LogP contribution in [0, 0.1) is 6.92 Å². The van der Waals surface area contributed by atoms with Gasteiger partial charge in [0.15, 0.2) is 31.3 Å². The number of aromatic nitrogens is 2. The van der Waals surface area contributed by atoms with Gasteiger partial charge in [-0.2, -0.15) is 9.58 Å². The average molecular weight is 751 g/mol. The van der Waals surface area contributed by atoms with Crippen LogP contribution in [0.2, 0.25) is 0 Å². The lowest BCUT2D eigenvalue weighted by molar-refractivity contribution is -0.997. The number of phenolic OH excluding ortho intramolecular Hbond substituents is 2. The summed E-state index contributed by atoms with van der Waals surface area (Å²) in [5, 5.41) is 48.5. The summed E-state index contributed by atoms with van der Waals surface area (Å²) in [5.74, 6) is 0.921. The van der Waals surface area contributed by atoms with Crippen molar-refractivity contribution in [2.45, 2.75) is 99.5 Å². The number of pyridine rings is 2. The maximum absolute atomic E-state index is 10.8. The molecule has 2 aromatic heterocycles. The number of nitrogens with one attached hydrogen (secondary N) is 3. The zero-order valence-corrected chi connectivity index (χ0v) is 33.7. The molecule has 5 N–H and O–H groups in total. The van der Waals surface area contributed by atoms with Crippen LogP contribution >= 0.6 is 0 Å². The van der Waals surface area contributed by atoms with Crippen LogP contribution in [0.4, 0.5) is 34.3 Å². The first kappa shape index (κ1) is 42.4. The quantitative estimate of drug-likeness (QED) is 0.0643. The minimum Gasteiger partial charge on any atom is -0.506 e. The average Bonchev–Trinajstić information content (AvgIpc) is 3.18. The molecule has 1 unspecified atom stereocenters. The van der Waals surface area contributed by atoms with Gasteiger partial charge < -0.3 is 20.8 Å². The third kappa shape index (κ3) is 12.6. The minimum atomic E-state index is 0.123. The van der Waals surface area contributed by atoms with Crippen LogP contribution in [0.25, 0.3) is 0 Å². The van der Waals surface area contributed by atoms with Gasteiger partial charge in [0.25, 0.3) is 0 Å². The monoisotopic (exact) mass is 751 g/mol. The summed E-state index contributed by atoms with van der Waals surface area (Å²) in [5.41, 5.74) is 7.04. The first-order valence-corrected chi connectivity index (χ1v) is 20.1. The molecule has 1 atom stereocenters. The van der Waals surface area contributed by atoms with Crippen LogP contribution in [0.3, 0.4) is 0 Å². The van der Waals surface area contributed by atoms with Crippen LogP contribution in [0.5, 0.6) is 11.5 Å². The number of rotatable bonds is 14. The smallest absolute Gasteiger partial charge is 0.199 e. The van der Waals surface area contributed by atoms with E-state index in [2.05, 4.69) is 71.9 Å². The number of aromatic hydroxyl groups is 2. The van der Waals surface area contributed by atoms with Gasteiger partial charge in [0.05, 0.1) is 6.54 Å². The third-order valence-electron chi connectivity index (χ3n) is 9.29. The van der Waals surface area contributed by atoms with Gasteiger partial charge in [0, 0.05) is 48.4 Å². The number of phenols is 2. The fraction of sp³-hybridized carbons (Fsp3) is 0.442. The Hall–Kier alpha value is -5.36. The molecule has 0 fully saturated rings. The number of quaternary nitrogens is 1. The molecule has 0 aliphatic carbocycles. The molecule has 0 radical (unpaired) electrons. The molecule has 294 valence electrons. The molecule has 0 spiro atoms. The number of azo groups is 2. The topological polar surface area (TPSA) is 138 Å². The number of nitrogens with zero attached hydrogens (tertiary/aromatic N) is 7. The standard InChI is InChI=1S/C21H28N6O.C20H26N4O.C2H6/c1-4-8-26-12-13-27(26)11-10-25-9-6-7-18(16-25)23-24-20-14-17(3)19(22-5-2)15-21(20)28;1-2-3-9-15-14-17(23-24-18-11-6-8-12-21-18)20(25)16-10-5-4-7-13-22-19(15)16;1-2/h6-7,9,12-16H,4-5,8,10-11H2,1-3H3,(H-,22,23,28);6,8,11-12,14,22,25H,2-5,7,9-10,13H2,1H3;1-2H3/p+2. The van der Waals surface area contributed by atoms with Crippen LogP contribution < -0.4 is 20.2 Å². The molecule has 0 saturated carbocycles. The zero-order valence-electron chi connectivity index (χ0n) is 33.7. The van der Waals surface area contributed by atoms with E-state index in [0.29, 0.717) is 17.2 Å². The number of anilines is 2. The number of hydrogen-bond acceptors (Lipinski definition) is 10. The van der Waals surface area contributed by atoms with E-state index in [9.17, 15) is 10.2 Å². The molecule has 2 aliphatic heterocycles. The molecule has 4 heterocycles. The first-order chi connectivity index (χ1) is 26.9. The highest BCUT2D eigenvalue weighted by Gasteiger charge is 2.23. The largest absolute Gasteiger partial charge is 0.506 e. The van der Waals surface area contributed by atoms with Crippen LogP contribution in [-0.4, -0.2) is 46.4 Å². The van der Waals surface area contributed by atoms with Crippen molar-refractivity contribution in [3.8, 4) is 11.5 Å². The molecule has 12 heteroatoms. The molecule has 0 saturated heterocycles. The van der Waals surface area contributed by atoms with Crippen LogP contribution in [0.1, 0.15) is 89.8 Å². The van der Waals surface area contributed by atoms with E-state index < -0.39 is 0 Å². The van der Waals surface area contributed by atoms with Gasteiger partial charge in [-0.1, -0.05) is 46.6 Å². The van der Waals surface area contributed by atoms with Crippen molar-refractivity contribution in [3.05, 3.63) is 96.2 Å². The summed E-state index contributed by atoms with van der Waals surface area (Å²) in [6, 6.07) is 14.9. The second kappa shape index (κ2) is 22.8. The normalized spacial score (nSPS) is 14.8. The number of hydrogen-bond donors (Lipinski definition) is 5. The van der Waals surface area contributed by atoms with Crippen LogP contribution in [-0.2, 0) is 19.4 Å². The summed E-state index contributed by atoms with van der Waals surface area (Å²) in [7, 11) is 0. The Labute approximate surface area is 327 Å². The van der Waals surface area contributed by atoms with E-state index in [4.69, 9.17) is 0 Å². The Bertz CT molecular complexity index is 1860. The predicted molar refractivity (Wildman–Crippen MR) is 222 cm³/mol. The Kier molecular flexibility index (Phi) is 17.5. The van der Waals surface area contributed by atoms with Crippen molar-refractivity contribution in [1.82, 2.24) is 9.99 Å². The number of fused-ring (bicyclic) bond motifs is 1.